The van der Waals surface area contributed by atoms with Crippen LogP contribution in [0.25, 0.3) is 0 Å². The zero-order chi connectivity index (χ0) is 22.2. The minimum Gasteiger partial charge on any atom is -0.406 e. The van der Waals surface area contributed by atoms with E-state index in [2.05, 4.69) is 4.74 Å². The number of piperidine rings is 1. The van der Waals surface area contributed by atoms with Gasteiger partial charge in [0.1, 0.15) is 5.75 Å². The molecule has 0 aromatic heterocycles. The lowest BCUT2D eigenvalue weighted by atomic mass is 9.77. The molecule has 1 aromatic rings. The highest BCUT2D eigenvalue weighted by Crippen LogP contribution is 2.43. The molecule has 2 amide bonds. The van der Waals surface area contributed by atoms with Crippen LogP contribution in [0.3, 0.4) is 0 Å². The van der Waals surface area contributed by atoms with E-state index in [1.165, 1.54) is 24.3 Å². The van der Waals surface area contributed by atoms with E-state index in [1.54, 1.807) is 16.7 Å². The van der Waals surface area contributed by atoms with Gasteiger partial charge in [-0.3, -0.25) is 9.59 Å². The molecule has 1 aromatic carbocycles. The predicted octanol–water partition coefficient (Wildman–Crippen LogP) is 3.48. The lowest BCUT2D eigenvalue weighted by Gasteiger charge is -2.38. The maximum atomic E-state index is 13.1. The number of ether oxygens (including phenoxy) is 1. The Labute approximate surface area is 173 Å². The van der Waals surface area contributed by atoms with Gasteiger partial charge in [-0.2, -0.15) is 0 Å². The van der Waals surface area contributed by atoms with Gasteiger partial charge in [0.2, 0.25) is 11.8 Å². The second-order valence-corrected chi connectivity index (χ2v) is 8.44. The van der Waals surface area contributed by atoms with Crippen LogP contribution in [0.4, 0.5) is 18.9 Å². The Hall–Kier alpha value is -2.29. The van der Waals surface area contributed by atoms with Crippen LogP contribution in [0.2, 0.25) is 0 Å². The van der Waals surface area contributed by atoms with Crippen molar-refractivity contribution in [1.82, 2.24) is 4.90 Å². The number of hydrogen-bond donors (Lipinski definition) is 1. The van der Waals surface area contributed by atoms with Crippen LogP contribution in [-0.2, 0) is 9.59 Å². The summed E-state index contributed by atoms with van der Waals surface area (Å²) < 4.78 is 40.8. The Morgan fingerprint density at radius 2 is 1.70 bits per heavy atom. The molecule has 2 aliphatic rings. The first-order valence-electron chi connectivity index (χ1n) is 10.1. The summed E-state index contributed by atoms with van der Waals surface area (Å²) >= 11 is 0. The van der Waals surface area contributed by atoms with Gasteiger partial charge in [0, 0.05) is 25.3 Å². The Morgan fingerprint density at radius 1 is 1.13 bits per heavy atom. The number of likely N-dealkylation sites (tertiary alicyclic amines) is 1. The van der Waals surface area contributed by atoms with E-state index in [4.69, 9.17) is 0 Å². The number of amides is 2. The van der Waals surface area contributed by atoms with E-state index >= 15 is 0 Å². The van der Waals surface area contributed by atoms with Crippen molar-refractivity contribution in [3.8, 4) is 5.75 Å². The predicted molar refractivity (Wildman–Crippen MR) is 104 cm³/mol. The van der Waals surface area contributed by atoms with Crippen LogP contribution in [0.1, 0.15) is 46.0 Å². The monoisotopic (exact) mass is 428 g/mol. The van der Waals surface area contributed by atoms with Crippen molar-refractivity contribution in [3.05, 3.63) is 24.3 Å². The van der Waals surface area contributed by atoms with Crippen molar-refractivity contribution in [1.29, 1.82) is 0 Å². The molecule has 1 spiro atoms. The number of rotatable bonds is 5. The van der Waals surface area contributed by atoms with Gasteiger partial charge >= 0.3 is 6.36 Å². The van der Waals surface area contributed by atoms with Crippen molar-refractivity contribution >= 4 is 17.5 Å². The van der Waals surface area contributed by atoms with Crippen LogP contribution in [0.15, 0.2) is 24.3 Å². The van der Waals surface area contributed by atoms with Gasteiger partial charge < -0.3 is 19.6 Å². The van der Waals surface area contributed by atoms with Crippen LogP contribution < -0.4 is 9.64 Å². The number of hydrogen-bond acceptors (Lipinski definition) is 4. The molecular formula is C21H27F3N2O4. The molecule has 9 heteroatoms. The number of nitrogens with zero attached hydrogens (tertiary/aromatic N) is 2. The fourth-order valence-electron chi connectivity index (χ4n) is 4.11. The smallest absolute Gasteiger partial charge is 0.406 e. The summed E-state index contributed by atoms with van der Waals surface area (Å²) in [7, 11) is 0. The highest BCUT2D eigenvalue weighted by molar-refractivity contribution is 6.00. The van der Waals surface area contributed by atoms with E-state index in [0.29, 0.717) is 51.0 Å². The molecule has 2 saturated heterocycles. The highest BCUT2D eigenvalue weighted by atomic mass is 19.4. The van der Waals surface area contributed by atoms with Crippen molar-refractivity contribution < 1.29 is 32.6 Å². The molecular weight excluding hydrogens is 401 g/mol. The maximum Gasteiger partial charge on any atom is 0.573 e. The molecule has 0 bridgehead atoms. The molecule has 1 unspecified atom stereocenters. The second-order valence-electron chi connectivity index (χ2n) is 8.44. The molecule has 2 aliphatic heterocycles. The first-order chi connectivity index (χ1) is 13.9. The van der Waals surface area contributed by atoms with Crippen LogP contribution in [-0.4, -0.2) is 53.4 Å². The molecule has 0 radical (unpaired) electrons. The third-order valence-corrected chi connectivity index (χ3v) is 6.26. The van der Waals surface area contributed by atoms with E-state index in [9.17, 15) is 27.9 Å². The van der Waals surface area contributed by atoms with Gasteiger partial charge in [-0.25, -0.2) is 0 Å². The largest absolute Gasteiger partial charge is 0.573 e. The van der Waals surface area contributed by atoms with Crippen molar-refractivity contribution in [2.75, 3.05) is 24.5 Å². The summed E-state index contributed by atoms with van der Waals surface area (Å²) in [6, 6.07) is 5.29. The van der Waals surface area contributed by atoms with Gasteiger partial charge in [0.05, 0.1) is 17.4 Å². The molecule has 166 valence electrons. The highest BCUT2D eigenvalue weighted by Gasteiger charge is 2.49. The van der Waals surface area contributed by atoms with Gasteiger partial charge in [-0.05, 0) is 56.9 Å². The summed E-state index contributed by atoms with van der Waals surface area (Å²) in [5.74, 6) is -0.499. The summed E-state index contributed by atoms with van der Waals surface area (Å²) in [4.78, 5) is 28.9. The van der Waals surface area contributed by atoms with Crippen molar-refractivity contribution in [3.63, 3.8) is 0 Å². The Balaban J connectivity index is 1.61. The molecule has 1 N–H and O–H groups in total. The van der Waals surface area contributed by atoms with Crippen molar-refractivity contribution in [2.24, 2.45) is 5.41 Å². The lowest BCUT2D eigenvalue weighted by Crippen LogP contribution is -2.48. The Bertz CT molecular complexity index is 784. The summed E-state index contributed by atoms with van der Waals surface area (Å²) in [6.45, 7) is 4.86. The zero-order valence-corrected chi connectivity index (χ0v) is 17.2. The first-order valence-corrected chi connectivity index (χ1v) is 10.1. The SMILES string of the molecule is CCC(C)(O)CC(=O)N1CCC2(CC1)CCN(c1ccc(OC(F)(F)F)cc1)C2=O. The number of aliphatic hydroxyl groups is 1. The molecule has 2 fully saturated rings. The fraction of sp³-hybridized carbons (Fsp3) is 0.619. The quantitative estimate of drug-likeness (QED) is 0.780. The van der Waals surface area contributed by atoms with Crippen molar-refractivity contribution in [2.45, 2.75) is 57.9 Å². The van der Waals surface area contributed by atoms with Gasteiger partial charge in [-0.1, -0.05) is 6.92 Å². The van der Waals surface area contributed by atoms with Crippen LogP contribution in [0.5, 0.6) is 5.75 Å². The average Bonchev–Trinajstić information content (AvgIpc) is 2.97. The molecule has 30 heavy (non-hydrogen) atoms. The summed E-state index contributed by atoms with van der Waals surface area (Å²) in [5, 5.41) is 10.1. The number of anilines is 1. The third kappa shape index (κ3) is 4.88. The molecule has 2 heterocycles. The standard InChI is InChI=1S/C21H27F3N2O4/c1-3-19(2,29)14-17(27)25-11-8-20(9-12-25)10-13-26(18(20)28)15-4-6-16(7-5-15)30-21(22,23)24/h4-7,29H,3,8-14H2,1-2H3. The third-order valence-electron chi connectivity index (χ3n) is 6.26. The molecule has 0 saturated carbocycles. The minimum atomic E-state index is -4.76. The van der Waals surface area contributed by atoms with Gasteiger partial charge in [0.25, 0.3) is 0 Å². The Morgan fingerprint density at radius 3 is 2.23 bits per heavy atom. The molecule has 1 atom stereocenters. The number of carbonyl (C=O) groups is 2. The molecule has 3 rings (SSSR count). The number of carbonyl (C=O) groups excluding carboxylic acids is 2. The fourth-order valence-corrected chi connectivity index (χ4v) is 4.11. The maximum absolute atomic E-state index is 13.1. The normalized spacial score (nSPS) is 21.1. The number of benzene rings is 1. The van der Waals surface area contributed by atoms with Gasteiger partial charge in [-0.15, -0.1) is 13.2 Å². The first kappa shape index (κ1) is 22.4. The summed E-state index contributed by atoms with van der Waals surface area (Å²) in [5.41, 5.74) is -1.05. The number of halogens is 3. The topological polar surface area (TPSA) is 70.1 Å². The molecule has 6 nitrogen and oxygen atoms in total. The van der Waals surface area contributed by atoms with Gasteiger partial charge in [0.15, 0.2) is 0 Å². The van der Waals surface area contributed by atoms with E-state index in [1.807, 2.05) is 6.92 Å². The zero-order valence-electron chi connectivity index (χ0n) is 17.2. The average molecular weight is 428 g/mol. The summed E-state index contributed by atoms with van der Waals surface area (Å²) in [6.07, 6.45) is -2.50. The minimum absolute atomic E-state index is 0.0559. The van der Waals surface area contributed by atoms with E-state index in [-0.39, 0.29) is 24.0 Å². The lowest BCUT2D eigenvalue weighted by molar-refractivity contribution is -0.274. The second kappa shape index (κ2) is 8.09. The molecule has 0 aliphatic carbocycles. The Kier molecular flexibility index (Phi) is 6.04. The van der Waals surface area contributed by atoms with E-state index < -0.39 is 17.4 Å². The van der Waals surface area contributed by atoms with E-state index in [0.717, 1.165) is 0 Å². The van der Waals surface area contributed by atoms with Crippen LogP contribution >= 0.6 is 0 Å². The number of alkyl halides is 3. The van der Waals surface area contributed by atoms with Crippen LogP contribution in [0, 0.1) is 5.41 Å².